The first-order chi connectivity index (χ1) is 10.0. The molecule has 0 heterocycles. The van der Waals surface area contributed by atoms with Crippen molar-refractivity contribution in [1.82, 2.24) is 0 Å². The van der Waals surface area contributed by atoms with Crippen molar-refractivity contribution < 1.29 is 69.3 Å². The number of hydrogen-bond acceptors (Lipinski definition) is 3. The van der Waals surface area contributed by atoms with Gasteiger partial charge in [0.2, 0.25) is 0 Å². The van der Waals surface area contributed by atoms with Gasteiger partial charge in [0.15, 0.2) is 0 Å². The van der Waals surface area contributed by atoms with Gasteiger partial charge in [0, 0.05) is 57.8 Å². The Morgan fingerprint density at radius 1 is 0.739 bits per heavy atom. The molecule has 7 heteroatoms. The largest absolute Gasteiger partial charge is 0.481 e. The third kappa shape index (κ3) is 39.3. The summed E-state index contributed by atoms with van der Waals surface area (Å²) >= 11 is 0. The van der Waals surface area contributed by atoms with Gasteiger partial charge in [-0.2, -0.15) is 0 Å². The molecular formula is C16H32Ag2O5. The van der Waals surface area contributed by atoms with Crippen LogP contribution in [0.15, 0.2) is 0 Å². The third-order valence-corrected chi connectivity index (χ3v) is 2.86. The molecule has 23 heavy (non-hydrogen) atoms. The SMILES string of the molecule is CCCCCCCCCC(=O)O.CCCCOCC(=O)O.[Ag].[Ag]. The Balaban J connectivity index is -0.000000149. The minimum absolute atomic E-state index is 0. The Bertz CT molecular complexity index is 251. The molecule has 2 N–H and O–H groups in total. The van der Waals surface area contributed by atoms with E-state index in [1.165, 1.54) is 32.1 Å². The molecule has 0 saturated carbocycles. The molecule has 0 atom stereocenters. The zero-order valence-electron chi connectivity index (χ0n) is 14.2. The van der Waals surface area contributed by atoms with Crippen LogP contribution < -0.4 is 0 Å². The van der Waals surface area contributed by atoms with Crippen LogP contribution in [-0.2, 0) is 59.1 Å². The molecule has 0 aliphatic rings. The quantitative estimate of drug-likeness (QED) is 0.283. The molecule has 0 aliphatic carbocycles. The standard InChI is InChI=1S/C10H20O2.C6H12O3.2Ag/c1-2-3-4-5-6-7-8-9-10(11)12;1-2-3-4-9-5-6(7)8;;/h2-9H2,1H3,(H,11,12);2-5H2,1H3,(H,7,8);;. The smallest absolute Gasteiger partial charge is 0.329 e. The van der Waals surface area contributed by atoms with Crippen LogP contribution in [0.5, 0.6) is 0 Å². The van der Waals surface area contributed by atoms with Gasteiger partial charge in [0.1, 0.15) is 6.61 Å². The number of rotatable bonds is 13. The van der Waals surface area contributed by atoms with Crippen LogP contribution in [0.4, 0.5) is 0 Å². The summed E-state index contributed by atoms with van der Waals surface area (Å²) in [4.78, 5) is 20.0. The van der Waals surface area contributed by atoms with E-state index in [0.29, 0.717) is 13.0 Å². The minimum atomic E-state index is -0.897. The van der Waals surface area contributed by atoms with Gasteiger partial charge in [0.05, 0.1) is 0 Å². The monoisotopic (exact) mass is 518 g/mol. The van der Waals surface area contributed by atoms with Crippen LogP contribution in [-0.4, -0.2) is 35.4 Å². The van der Waals surface area contributed by atoms with Gasteiger partial charge in [-0.05, 0) is 12.8 Å². The summed E-state index contributed by atoms with van der Waals surface area (Å²) in [5, 5.41) is 16.4. The summed E-state index contributed by atoms with van der Waals surface area (Å²) in [5.74, 6) is -1.56. The van der Waals surface area contributed by atoms with E-state index in [-0.39, 0.29) is 51.4 Å². The summed E-state index contributed by atoms with van der Waals surface area (Å²) < 4.78 is 4.74. The fraction of sp³-hybridized carbons (Fsp3) is 0.875. The van der Waals surface area contributed by atoms with E-state index in [0.717, 1.165) is 25.7 Å². The Kier molecular flexibility index (Phi) is 36.9. The predicted molar refractivity (Wildman–Crippen MR) is 83.6 cm³/mol. The Labute approximate surface area is 172 Å². The molecule has 148 valence electrons. The van der Waals surface area contributed by atoms with Gasteiger partial charge < -0.3 is 14.9 Å². The average Bonchev–Trinajstić information content (AvgIpc) is 2.43. The maximum atomic E-state index is 10.1. The van der Waals surface area contributed by atoms with E-state index >= 15 is 0 Å². The number of carbonyl (C=O) groups is 2. The molecule has 0 saturated heterocycles. The van der Waals surface area contributed by atoms with Crippen molar-refractivity contribution in [3.8, 4) is 0 Å². The van der Waals surface area contributed by atoms with Crippen molar-refractivity contribution in [2.45, 2.75) is 78.1 Å². The summed E-state index contributed by atoms with van der Waals surface area (Å²) in [6.07, 6.45) is 10.6. The average molecular weight is 520 g/mol. The molecule has 0 bridgehead atoms. The molecule has 0 aromatic heterocycles. The molecule has 0 rings (SSSR count). The number of hydrogen-bond donors (Lipinski definition) is 2. The van der Waals surface area contributed by atoms with Crippen LogP contribution in [0, 0.1) is 0 Å². The number of carboxylic acids is 2. The van der Waals surface area contributed by atoms with Crippen molar-refractivity contribution in [1.29, 1.82) is 0 Å². The Morgan fingerprint density at radius 3 is 1.65 bits per heavy atom. The molecule has 0 spiro atoms. The second-order valence-corrected chi connectivity index (χ2v) is 5.06. The molecule has 2 radical (unpaired) electrons. The zero-order valence-corrected chi connectivity index (χ0v) is 17.2. The number of ether oxygens (including phenoxy) is 1. The molecule has 5 nitrogen and oxygen atoms in total. The fourth-order valence-electron chi connectivity index (χ4n) is 1.64. The molecular weight excluding hydrogens is 488 g/mol. The second-order valence-electron chi connectivity index (χ2n) is 5.06. The van der Waals surface area contributed by atoms with Crippen molar-refractivity contribution in [3.63, 3.8) is 0 Å². The van der Waals surface area contributed by atoms with Gasteiger partial charge in [-0.1, -0.05) is 58.8 Å². The first-order valence-electron chi connectivity index (χ1n) is 8.05. The maximum Gasteiger partial charge on any atom is 0.329 e. The second kappa shape index (κ2) is 27.2. The molecule has 0 aliphatic heterocycles. The van der Waals surface area contributed by atoms with Crippen molar-refractivity contribution in [2.75, 3.05) is 13.2 Å². The first-order valence-corrected chi connectivity index (χ1v) is 8.05. The van der Waals surface area contributed by atoms with E-state index < -0.39 is 11.9 Å². The molecule has 0 aromatic carbocycles. The van der Waals surface area contributed by atoms with Gasteiger partial charge in [-0.3, -0.25) is 4.79 Å². The van der Waals surface area contributed by atoms with Crippen LogP contribution in [0.2, 0.25) is 0 Å². The van der Waals surface area contributed by atoms with Crippen LogP contribution >= 0.6 is 0 Å². The van der Waals surface area contributed by atoms with E-state index in [4.69, 9.17) is 14.9 Å². The molecule has 0 fully saturated rings. The third-order valence-electron chi connectivity index (χ3n) is 2.86. The van der Waals surface area contributed by atoms with E-state index in [2.05, 4.69) is 6.92 Å². The summed E-state index contributed by atoms with van der Waals surface area (Å²) in [7, 11) is 0. The van der Waals surface area contributed by atoms with Gasteiger partial charge in [-0.25, -0.2) is 4.79 Å². The normalized spacial score (nSPS) is 8.96. The first kappa shape index (κ1) is 31.2. The maximum absolute atomic E-state index is 10.1. The van der Waals surface area contributed by atoms with E-state index in [1.54, 1.807) is 0 Å². The summed E-state index contributed by atoms with van der Waals surface area (Å²) in [6.45, 7) is 4.62. The van der Waals surface area contributed by atoms with Crippen LogP contribution in [0.1, 0.15) is 78.1 Å². The minimum Gasteiger partial charge on any atom is -0.481 e. The van der Waals surface area contributed by atoms with Gasteiger partial charge in [-0.15, -0.1) is 0 Å². The Morgan fingerprint density at radius 2 is 1.22 bits per heavy atom. The van der Waals surface area contributed by atoms with Gasteiger partial charge >= 0.3 is 11.9 Å². The van der Waals surface area contributed by atoms with Crippen molar-refractivity contribution in [2.24, 2.45) is 0 Å². The summed E-state index contributed by atoms with van der Waals surface area (Å²) in [6, 6.07) is 0. The summed E-state index contributed by atoms with van der Waals surface area (Å²) in [5.41, 5.74) is 0. The number of carboxylic acid groups (broad SMARTS) is 2. The van der Waals surface area contributed by atoms with E-state index in [9.17, 15) is 9.59 Å². The molecule has 0 amide bonds. The van der Waals surface area contributed by atoms with Crippen LogP contribution in [0.3, 0.4) is 0 Å². The fourth-order valence-corrected chi connectivity index (χ4v) is 1.64. The zero-order chi connectivity index (χ0) is 16.3. The van der Waals surface area contributed by atoms with E-state index in [1.807, 2.05) is 6.92 Å². The number of unbranched alkanes of at least 4 members (excludes halogenated alkanes) is 7. The van der Waals surface area contributed by atoms with Crippen molar-refractivity contribution >= 4 is 11.9 Å². The van der Waals surface area contributed by atoms with Crippen LogP contribution in [0.25, 0.3) is 0 Å². The Hall–Kier alpha value is 0.381. The van der Waals surface area contributed by atoms with Crippen molar-refractivity contribution in [3.05, 3.63) is 0 Å². The van der Waals surface area contributed by atoms with Gasteiger partial charge in [0.25, 0.3) is 0 Å². The molecule has 0 aromatic rings. The molecule has 0 unspecified atom stereocenters. The number of aliphatic carboxylic acids is 2. The topological polar surface area (TPSA) is 83.8 Å². The predicted octanol–water partition coefficient (Wildman–Crippen LogP) is 4.09.